The highest BCUT2D eigenvalue weighted by Crippen LogP contribution is 2.34. The molecule has 1 N–H and O–H groups in total. The van der Waals surface area contributed by atoms with E-state index in [0.29, 0.717) is 23.4 Å². The van der Waals surface area contributed by atoms with Gasteiger partial charge in [-0.1, -0.05) is 6.07 Å². The molecular formula is C18H18N5OPS2. The maximum absolute atomic E-state index is 5.30. The third kappa shape index (κ3) is 4.18. The molecule has 1 fully saturated rings. The van der Waals surface area contributed by atoms with E-state index in [-0.39, 0.29) is 0 Å². The summed E-state index contributed by atoms with van der Waals surface area (Å²) < 4.78 is 5.30. The summed E-state index contributed by atoms with van der Waals surface area (Å²) >= 11 is 5.63. The van der Waals surface area contributed by atoms with Gasteiger partial charge >= 0.3 is 0 Å². The van der Waals surface area contributed by atoms with E-state index in [2.05, 4.69) is 53.7 Å². The number of thiol groups is 1. The Labute approximate surface area is 169 Å². The highest BCUT2D eigenvalue weighted by molar-refractivity contribution is 7.98. The minimum absolute atomic E-state index is 0.487. The lowest BCUT2D eigenvalue weighted by atomic mass is 10.0. The second-order valence-corrected chi connectivity index (χ2v) is 7.81. The van der Waals surface area contributed by atoms with Crippen LogP contribution in [-0.4, -0.2) is 32.5 Å². The molecule has 1 aliphatic carbocycles. The summed E-state index contributed by atoms with van der Waals surface area (Å²) in [6.45, 7) is 0. The fraction of sp³-hybridized carbons (Fsp3) is 0.222. The zero-order valence-corrected chi connectivity index (χ0v) is 17.5. The summed E-state index contributed by atoms with van der Waals surface area (Å²) in [5, 5.41) is 13.7. The van der Waals surface area contributed by atoms with Gasteiger partial charge in [0.05, 0.1) is 6.20 Å². The van der Waals surface area contributed by atoms with Crippen LogP contribution >= 0.6 is 33.9 Å². The monoisotopic (exact) mass is 415 g/mol. The van der Waals surface area contributed by atoms with Crippen molar-refractivity contribution in [1.82, 2.24) is 20.2 Å². The predicted octanol–water partition coefficient (Wildman–Crippen LogP) is 3.62. The number of hydrogen-bond donors (Lipinski definition) is 2. The predicted molar refractivity (Wildman–Crippen MR) is 116 cm³/mol. The van der Waals surface area contributed by atoms with Crippen molar-refractivity contribution in [3.8, 4) is 28.1 Å². The van der Waals surface area contributed by atoms with Gasteiger partial charge < -0.3 is 9.50 Å². The normalized spacial score (nSPS) is 13.4. The smallest absolute Gasteiger partial charge is 0.242 e. The third-order valence-electron chi connectivity index (χ3n) is 4.23. The van der Waals surface area contributed by atoms with Gasteiger partial charge in [0.2, 0.25) is 5.95 Å². The van der Waals surface area contributed by atoms with Crippen LogP contribution < -0.4 is 14.8 Å². The fourth-order valence-electron chi connectivity index (χ4n) is 2.66. The Balaban J connectivity index is 1.63. The van der Waals surface area contributed by atoms with E-state index >= 15 is 0 Å². The second kappa shape index (κ2) is 8.00. The molecule has 0 amide bonds. The first kappa shape index (κ1) is 18.5. The van der Waals surface area contributed by atoms with Crippen LogP contribution in [0, 0.1) is 0 Å². The van der Waals surface area contributed by atoms with E-state index in [9.17, 15) is 0 Å². The topological polar surface area (TPSA) is 72.8 Å². The standard InChI is InChI=1S/C18H18N5OPS2/c1-27-17-16(25)7-11(8-19-17)10-2-5-13(15(6-10)24-26)14-9-20-18(23-22-14)21-12-3-4-12/h2,5-9,12,26H,3-4,25H2,1H3,(H,20,21,23). The van der Waals surface area contributed by atoms with Gasteiger partial charge in [0.1, 0.15) is 16.5 Å². The van der Waals surface area contributed by atoms with E-state index < -0.39 is 0 Å². The lowest BCUT2D eigenvalue weighted by molar-refractivity contribution is 0.661. The lowest BCUT2D eigenvalue weighted by Crippen LogP contribution is -2.06. The van der Waals surface area contributed by atoms with Crippen molar-refractivity contribution in [2.45, 2.75) is 23.9 Å². The molecule has 6 nitrogen and oxygen atoms in total. The Morgan fingerprint density at radius 2 is 2.00 bits per heavy atom. The van der Waals surface area contributed by atoms with E-state index in [1.165, 1.54) is 0 Å². The Bertz CT molecular complexity index is 966. The highest BCUT2D eigenvalue weighted by atomic mass is 32.2. The zero-order chi connectivity index (χ0) is 18.8. The molecule has 4 rings (SSSR count). The molecule has 138 valence electrons. The second-order valence-electron chi connectivity index (χ2n) is 6.21. The van der Waals surface area contributed by atoms with Crippen LogP contribution in [0.5, 0.6) is 5.75 Å². The molecule has 0 bridgehead atoms. The number of anilines is 1. The summed E-state index contributed by atoms with van der Waals surface area (Å²) in [4.78, 5) is 8.83. The van der Waals surface area contributed by atoms with Gasteiger partial charge in [0.15, 0.2) is 0 Å². The van der Waals surface area contributed by atoms with Crippen molar-refractivity contribution in [1.29, 1.82) is 0 Å². The molecule has 2 heterocycles. The molecular weight excluding hydrogens is 397 g/mol. The van der Waals surface area contributed by atoms with Gasteiger partial charge in [0.25, 0.3) is 0 Å². The Morgan fingerprint density at radius 1 is 1.15 bits per heavy atom. The lowest BCUT2D eigenvalue weighted by Gasteiger charge is -2.11. The minimum atomic E-state index is 0.487. The summed E-state index contributed by atoms with van der Waals surface area (Å²) in [5.74, 6) is 1.15. The first-order valence-electron chi connectivity index (χ1n) is 8.40. The van der Waals surface area contributed by atoms with Crippen molar-refractivity contribution in [3.63, 3.8) is 0 Å². The van der Waals surface area contributed by atoms with Crippen LogP contribution in [0.4, 0.5) is 5.95 Å². The van der Waals surface area contributed by atoms with Crippen LogP contribution in [0.15, 0.2) is 41.7 Å². The van der Waals surface area contributed by atoms with E-state index in [0.717, 1.165) is 39.9 Å². The third-order valence-corrected chi connectivity index (χ3v) is 5.81. The molecule has 0 radical (unpaired) electrons. The number of thioether (sulfide) groups is 1. The fourth-order valence-corrected chi connectivity index (χ4v) is 3.87. The van der Waals surface area contributed by atoms with Crippen molar-refractivity contribution >= 4 is 45.2 Å². The molecule has 0 saturated heterocycles. The minimum Gasteiger partial charge on any atom is -0.428 e. The number of aromatic nitrogens is 4. The Hall–Kier alpha value is -1.89. The molecule has 1 aromatic carbocycles. The number of pyridine rings is 1. The molecule has 1 atom stereocenters. The van der Waals surface area contributed by atoms with Crippen LogP contribution in [-0.2, 0) is 0 Å². The molecule has 1 aliphatic rings. The van der Waals surface area contributed by atoms with Gasteiger partial charge in [0, 0.05) is 41.6 Å². The number of hydrogen-bond acceptors (Lipinski definition) is 8. The van der Waals surface area contributed by atoms with Crippen molar-refractivity contribution in [2.75, 3.05) is 11.6 Å². The van der Waals surface area contributed by atoms with E-state index in [4.69, 9.17) is 4.18 Å². The van der Waals surface area contributed by atoms with E-state index in [1.807, 2.05) is 30.7 Å². The molecule has 0 spiro atoms. The zero-order valence-electron chi connectivity index (χ0n) is 14.6. The molecule has 27 heavy (non-hydrogen) atoms. The number of nitrogens with one attached hydrogen (secondary N) is 1. The van der Waals surface area contributed by atoms with Gasteiger partial charge in [-0.05, 0) is 42.9 Å². The molecule has 1 unspecified atom stereocenters. The summed E-state index contributed by atoms with van der Waals surface area (Å²) in [7, 11) is 2.73. The number of benzene rings is 1. The van der Waals surface area contributed by atoms with Gasteiger partial charge in [-0.2, -0.15) is 0 Å². The van der Waals surface area contributed by atoms with Crippen LogP contribution in [0.3, 0.4) is 0 Å². The number of rotatable bonds is 6. The van der Waals surface area contributed by atoms with Gasteiger partial charge in [-0.3, -0.25) is 0 Å². The van der Waals surface area contributed by atoms with Crippen LogP contribution in [0.2, 0.25) is 0 Å². The Kier molecular flexibility index (Phi) is 5.48. The Morgan fingerprint density at radius 3 is 2.63 bits per heavy atom. The molecule has 2 aromatic heterocycles. The SMILES string of the molecule is CSc1ncc(-c2ccc(-c3cnc(NC4CC4)nn3)c(OS)c2)cc1P. The van der Waals surface area contributed by atoms with Gasteiger partial charge in [-0.15, -0.1) is 31.2 Å². The number of nitrogens with zero attached hydrogens (tertiary/aromatic N) is 4. The van der Waals surface area contributed by atoms with E-state index in [1.54, 1.807) is 18.0 Å². The van der Waals surface area contributed by atoms with Crippen molar-refractivity contribution in [2.24, 2.45) is 0 Å². The first-order valence-corrected chi connectivity index (χ1v) is 10.6. The molecule has 1 saturated carbocycles. The highest BCUT2D eigenvalue weighted by Gasteiger charge is 2.22. The first-order chi connectivity index (χ1) is 13.2. The summed E-state index contributed by atoms with van der Waals surface area (Å²) in [6.07, 6.45) is 7.89. The summed E-state index contributed by atoms with van der Waals surface area (Å²) in [5.41, 5.74) is 3.41. The van der Waals surface area contributed by atoms with Crippen molar-refractivity contribution < 1.29 is 4.18 Å². The maximum Gasteiger partial charge on any atom is 0.242 e. The van der Waals surface area contributed by atoms with Crippen molar-refractivity contribution in [3.05, 3.63) is 36.7 Å². The molecule has 0 aliphatic heterocycles. The van der Waals surface area contributed by atoms with Crippen LogP contribution in [0.1, 0.15) is 12.8 Å². The van der Waals surface area contributed by atoms with Gasteiger partial charge in [-0.25, -0.2) is 9.97 Å². The largest absolute Gasteiger partial charge is 0.428 e. The average molecular weight is 415 g/mol. The van der Waals surface area contributed by atoms with Crippen LogP contribution in [0.25, 0.3) is 22.4 Å². The molecule has 9 heteroatoms. The molecule has 3 aromatic rings. The summed E-state index contributed by atoms with van der Waals surface area (Å²) in [6, 6.07) is 8.43. The average Bonchev–Trinajstić information content (AvgIpc) is 3.52. The maximum atomic E-state index is 5.30. The quantitative estimate of drug-likeness (QED) is 0.276.